The Bertz CT molecular complexity index is 1190. The molecule has 0 saturated carbocycles. The Labute approximate surface area is 201 Å². The van der Waals surface area contributed by atoms with Crippen LogP contribution in [0.4, 0.5) is 0 Å². The van der Waals surface area contributed by atoms with Crippen molar-refractivity contribution in [2.45, 2.75) is 24.3 Å². The summed E-state index contributed by atoms with van der Waals surface area (Å²) < 4.78 is 28.7. The standard InChI is InChI=1S/C28H29NO2S2/c1-23-12-16-28(17-13-23)33(30,31)29-21-26(15-14-24-8-4-2-5-9-24)20-27(29)22-32-19-18-25-10-6-3-7-11-25/h2-19,26-27H,20-22H2,1H3/b15-14+,19-18+/t26-,27-/m0/s1. The molecule has 3 aromatic carbocycles. The molecule has 170 valence electrons. The average molecular weight is 476 g/mol. The van der Waals surface area contributed by atoms with E-state index in [1.807, 2.05) is 55.5 Å². The Morgan fingerprint density at radius 2 is 1.48 bits per heavy atom. The van der Waals surface area contributed by atoms with Crippen LogP contribution in [-0.2, 0) is 10.0 Å². The molecule has 0 bridgehead atoms. The number of thioether (sulfide) groups is 1. The first-order valence-corrected chi connectivity index (χ1v) is 13.7. The first-order valence-electron chi connectivity index (χ1n) is 11.2. The molecular formula is C28H29NO2S2. The molecule has 0 aliphatic carbocycles. The Morgan fingerprint density at radius 1 is 0.879 bits per heavy atom. The molecule has 1 heterocycles. The smallest absolute Gasteiger partial charge is 0.207 e. The van der Waals surface area contributed by atoms with Crippen LogP contribution < -0.4 is 0 Å². The zero-order chi connectivity index (χ0) is 23.1. The maximum Gasteiger partial charge on any atom is 0.243 e. The van der Waals surface area contributed by atoms with Crippen molar-refractivity contribution < 1.29 is 8.42 Å². The van der Waals surface area contributed by atoms with Gasteiger partial charge in [0.25, 0.3) is 0 Å². The fourth-order valence-electron chi connectivity index (χ4n) is 4.02. The second kappa shape index (κ2) is 11.0. The van der Waals surface area contributed by atoms with Crippen molar-refractivity contribution >= 4 is 33.9 Å². The van der Waals surface area contributed by atoms with Gasteiger partial charge in [0.15, 0.2) is 0 Å². The van der Waals surface area contributed by atoms with E-state index < -0.39 is 10.0 Å². The van der Waals surface area contributed by atoms with Crippen molar-refractivity contribution in [3.8, 4) is 0 Å². The number of nitrogens with zero attached hydrogens (tertiary/aromatic N) is 1. The van der Waals surface area contributed by atoms with E-state index in [1.54, 1.807) is 28.2 Å². The number of aryl methyl sites for hydroxylation is 1. The van der Waals surface area contributed by atoms with Crippen LogP contribution in [0.25, 0.3) is 12.2 Å². The number of sulfonamides is 1. The summed E-state index contributed by atoms with van der Waals surface area (Å²) in [5.41, 5.74) is 3.33. The predicted octanol–water partition coefficient (Wildman–Crippen LogP) is 6.49. The largest absolute Gasteiger partial charge is 0.243 e. The van der Waals surface area contributed by atoms with Crippen LogP contribution in [0.1, 0.15) is 23.1 Å². The highest BCUT2D eigenvalue weighted by Gasteiger charge is 2.39. The second-order valence-corrected chi connectivity index (χ2v) is 11.2. The first kappa shape index (κ1) is 23.6. The molecule has 4 rings (SSSR count). The van der Waals surface area contributed by atoms with E-state index >= 15 is 0 Å². The minimum atomic E-state index is -3.55. The quantitative estimate of drug-likeness (QED) is 0.374. The normalized spacial score (nSPS) is 19.5. The Morgan fingerprint density at radius 3 is 2.12 bits per heavy atom. The van der Waals surface area contributed by atoms with Crippen molar-refractivity contribution in [3.63, 3.8) is 0 Å². The Balaban J connectivity index is 1.50. The maximum absolute atomic E-state index is 13.5. The molecular weight excluding hydrogens is 446 g/mol. The number of rotatable bonds is 8. The van der Waals surface area contributed by atoms with Crippen LogP contribution >= 0.6 is 11.8 Å². The van der Waals surface area contributed by atoms with Gasteiger partial charge in [0.1, 0.15) is 0 Å². The fraction of sp³-hybridized carbons (Fsp3) is 0.214. The number of benzene rings is 3. The van der Waals surface area contributed by atoms with Crippen molar-refractivity contribution in [2.24, 2.45) is 5.92 Å². The summed E-state index contributed by atoms with van der Waals surface area (Å²) in [6.07, 6.45) is 7.16. The minimum Gasteiger partial charge on any atom is -0.207 e. The summed E-state index contributed by atoms with van der Waals surface area (Å²) in [6, 6.07) is 27.4. The van der Waals surface area contributed by atoms with Crippen LogP contribution in [0.5, 0.6) is 0 Å². The summed E-state index contributed by atoms with van der Waals surface area (Å²) in [4.78, 5) is 0.371. The summed E-state index contributed by atoms with van der Waals surface area (Å²) >= 11 is 1.67. The van der Waals surface area contributed by atoms with Crippen LogP contribution in [0.2, 0.25) is 0 Å². The molecule has 1 aliphatic rings. The molecule has 1 fully saturated rings. The molecule has 1 aliphatic heterocycles. The summed E-state index contributed by atoms with van der Waals surface area (Å²) in [5, 5.41) is 2.07. The van der Waals surface area contributed by atoms with Gasteiger partial charge in [-0.2, -0.15) is 4.31 Å². The van der Waals surface area contributed by atoms with Crippen LogP contribution in [-0.4, -0.2) is 31.1 Å². The third kappa shape index (κ3) is 6.26. The summed E-state index contributed by atoms with van der Waals surface area (Å²) in [7, 11) is -3.55. The summed E-state index contributed by atoms with van der Waals surface area (Å²) in [5.74, 6) is 0.915. The van der Waals surface area contributed by atoms with Gasteiger partial charge in [-0.1, -0.05) is 90.5 Å². The van der Waals surface area contributed by atoms with Gasteiger partial charge in [0, 0.05) is 18.3 Å². The molecule has 0 amide bonds. The monoisotopic (exact) mass is 475 g/mol. The zero-order valence-electron chi connectivity index (χ0n) is 18.7. The second-order valence-electron chi connectivity index (χ2n) is 8.35. The van der Waals surface area contributed by atoms with Crippen molar-refractivity contribution in [1.82, 2.24) is 4.31 Å². The van der Waals surface area contributed by atoms with Gasteiger partial charge in [0.2, 0.25) is 10.0 Å². The van der Waals surface area contributed by atoms with Crippen molar-refractivity contribution in [1.29, 1.82) is 0 Å². The van der Waals surface area contributed by atoms with Gasteiger partial charge in [-0.05, 0) is 54.0 Å². The van der Waals surface area contributed by atoms with Gasteiger partial charge < -0.3 is 0 Å². The number of hydrogen-bond donors (Lipinski definition) is 0. The Hall–Kier alpha value is -2.60. The van der Waals surface area contributed by atoms with Crippen LogP contribution in [0.15, 0.2) is 101 Å². The third-order valence-corrected chi connectivity index (χ3v) is 8.67. The highest BCUT2D eigenvalue weighted by Crippen LogP contribution is 2.33. The first-order chi connectivity index (χ1) is 16.0. The number of hydrogen-bond acceptors (Lipinski definition) is 3. The molecule has 3 nitrogen and oxygen atoms in total. The van der Waals surface area contributed by atoms with Crippen LogP contribution in [0, 0.1) is 12.8 Å². The maximum atomic E-state index is 13.5. The molecule has 3 aromatic rings. The summed E-state index contributed by atoms with van der Waals surface area (Å²) in [6.45, 7) is 2.47. The minimum absolute atomic E-state index is 0.0489. The van der Waals surface area contributed by atoms with E-state index in [1.165, 1.54) is 0 Å². The molecule has 33 heavy (non-hydrogen) atoms. The van der Waals surface area contributed by atoms with E-state index in [4.69, 9.17) is 0 Å². The molecule has 0 aromatic heterocycles. The van der Waals surface area contributed by atoms with E-state index in [9.17, 15) is 8.42 Å². The molecule has 0 unspecified atom stereocenters. The molecule has 5 heteroatoms. The van der Waals surface area contributed by atoms with E-state index in [2.05, 4.69) is 47.9 Å². The van der Waals surface area contributed by atoms with Crippen molar-refractivity contribution in [3.05, 3.63) is 113 Å². The van der Waals surface area contributed by atoms with Gasteiger partial charge in [0.05, 0.1) is 4.90 Å². The Kier molecular flexibility index (Phi) is 7.86. The third-order valence-electron chi connectivity index (χ3n) is 5.83. The predicted molar refractivity (Wildman–Crippen MR) is 140 cm³/mol. The van der Waals surface area contributed by atoms with Crippen LogP contribution in [0.3, 0.4) is 0 Å². The molecule has 0 radical (unpaired) electrons. The van der Waals surface area contributed by atoms with Gasteiger partial charge in [-0.15, -0.1) is 11.8 Å². The van der Waals surface area contributed by atoms with E-state index in [-0.39, 0.29) is 12.0 Å². The topological polar surface area (TPSA) is 37.4 Å². The van der Waals surface area contributed by atoms with E-state index in [0.717, 1.165) is 28.9 Å². The highest BCUT2D eigenvalue weighted by molar-refractivity contribution is 8.02. The molecule has 2 atom stereocenters. The lowest BCUT2D eigenvalue weighted by Crippen LogP contribution is -2.37. The van der Waals surface area contributed by atoms with Crippen molar-refractivity contribution in [2.75, 3.05) is 12.3 Å². The van der Waals surface area contributed by atoms with Gasteiger partial charge in [-0.3, -0.25) is 0 Å². The lowest BCUT2D eigenvalue weighted by molar-refractivity contribution is 0.411. The molecule has 1 saturated heterocycles. The highest BCUT2D eigenvalue weighted by atomic mass is 32.2. The van der Waals surface area contributed by atoms with Gasteiger partial charge in [-0.25, -0.2) is 8.42 Å². The average Bonchev–Trinajstić information content (AvgIpc) is 3.26. The van der Waals surface area contributed by atoms with Gasteiger partial charge >= 0.3 is 0 Å². The molecule has 0 spiro atoms. The van der Waals surface area contributed by atoms with E-state index in [0.29, 0.717) is 11.4 Å². The molecule has 0 N–H and O–H groups in total. The SMILES string of the molecule is Cc1ccc(S(=O)(=O)N2C[C@@H](/C=C/c3ccccc3)C[C@H]2CS/C=C/c2ccccc2)cc1. The fourth-order valence-corrected chi connectivity index (χ4v) is 6.71. The lowest BCUT2D eigenvalue weighted by Gasteiger charge is -2.23. The zero-order valence-corrected chi connectivity index (χ0v) is 20.4. The lowest BCUT2D eigenvalue weighted by atomic mass is 10.0.